The summed E-state index contributed by atoms with van der Waals surface area (Å²) in [5.74, 6) is -0.129. The molecule has 1 aliphatic heterocycles. The molecule has 1 aromatic carbocycles. The predicted octanol–water partition coefficient (Wildman–Crippen LogP) is 3.93. The van der Waals surface area contributed by atoms with Gasteiger partial charge in [0.25, 0.3) is 10.0 Å². The molecule has 0 bridgehead atoms. The third-order valence-corrected chi connectivity index (χ3v) is 9.44. The Morgan fingerprint density at radius 2 is 1.84 bits per heavy atom. The van der Waals surface area contributed by atoms with Crippen molar-refractivity contribution in [2.75, 3.05) is 32.7 Å². The van der Waals surface area contributed by atoms with Crippen molar-refractivity contribution in [3.63, 3.8) is 0 Å². The van der Waals surface area contributed by atoms with E-state index in [1.165, 1.54) is 15.6 Å². The monoisotopic (exact) mass is 483 g/mol. The van der Waals surface area contributed by atoms with Gasteiger partial charge >= 0.3 is 0 Å². The molecule has 3 rings (SSSR count). The SMILES string of the molecule is CCN(CC)C(CNC(=O)Cc1ccc(S(=O)(=O)N2CCCC2)s1)c1ccccc1Cl. The number of carbonyl (C=O) groups is 1. The number of hydrogen-bond donors (Lipinski definition) is 1. The number of thiophene rings is 1. The Morgan fingerprint density at radius 3 is 2.48 bits per heavy atom. The van der Waals surface area contributed by atoms with E-state index in [0.717, 1.165) is 36.4 Å². The average molecular weight is 484 g/mol. The molecule has 31 heavy (non-hydrogen) atoms. The van der Waals surface area contributed by atoms with Crippen molar-refractivity contribution in [2.24, 2.45) is 0 Å². The first-order valence-corrected chi connectivity index (χ1v) is 13.3. The summed E-state index contributed by atoms with van der Waals surface area (Å²) in [6.07, 6.45) is 1.96. The smallest absolute Gasteiger partial charge is 0.252 e. The standard InChI is InChI=1S/C22H30ClN3O3S2/c1-3-25(4-2)20(18-9-5-6-10-19(18)23)16-24-21(27)15-17-11-12-22(30-17)31(28,29)26-13-7-8-14-26/h5-6,9-12,20H,3-4,7-8,13-16H2,1-2H3,(H,24,27). The lowest BCUT2D eigenvalue weighted by Gasteiger charge is -2.30. The molecule has 1 unspecified atom stereocenters. The summed E-state index contributed by atoms with van der Waals surface area (Å²) in [5, 5.41) is 3.70. The van der Waals surface area contributed by atoms with Crippen LogP contribution in [0, 0.1) is 0 Å². The lowest BCUT2D eigenvalue weighted by Crippen LogP contribution is -2.38. The fourth-order valence-corrected chi connectivity index (χ4v) is 7.21. The van der Waals surface area contributed by atoms with Crippen LogP contribution in [0.4, 0.5) is 0 Å². The van der Waals surface area contributed by atoms with E-state index in [1.54, 1.807) is 12.1 Å². The summed E-state index contributed by atoms with van der Waals surface area (Å²) in [4.78, 5) is 15.6. The number of nitrogens with zero attached hydrogens (tertiary/aromatic N) is 2. The second-order valence-corrected chi connectivity index (χ2v) is 11.3. The molecule has 1 atom stereocenters. The van der Waals surface area contributed by atoms with Gasteiger partial charge in [-0.1, -0.05) is 43.6 Å². The second kappa shape index (κ2) is 10.9. The number of halogens is 1. The Balaban J connectivity index is 1.64. The van der Waals surface area contributed by atoms with E-state index in [4.69, 9.17) is 11.6 Å². The van der Waals surface area contributed by atoms with Gasteiger partial charge in [0.05, 0.1) is 12.5 Å². The number of carbonyl (C=O) groups excluding carboxylic acids is 1. The lowest BCUT2D eigenvalue weighted by atomic mass is 10.0. The summed E-state index contributed by atoms with van der Waals surface area (Å²) in [5.41, 5.74) is 0.989. The number of rotatable bonds is 10. The number of hydrogen-bond acceptors (Lipinski definition) is 5. The van der Waals surface area contributed by atoms with Crippen molar-refractivity contribution < 1.29 is 13.2 Å². The highest BCUT2D eigenvalue weighted by Crippen LogP contribution is 2.29. The highest BCUT2D eigenvalue weighted by atomic mass is 35.5. The van der Waals surface area contributed by atoms with E-state index in [-0.39, 0.29) is 18.4 Å². The van der Waals surface area contributed by atoms with Gasteiger partial charge in [-0.15, -0.1) is 11.3 Å². The molecule has 0 radical (unpaired) electrons. The quantitative estimate of drug-likeness (QED) is 0.556. The average Bonchev–Trinajstić information content (AvgIpc) is 3.45. The Kier molecular flexibility index (Phi) is 8.52. The molecule has 9 heteroatoms. The second-order valence-electron chi connectivity index (χ2n) is 7.57. The number of amides is 1. The molecule has 1 N–H and O–H groups in total. The fraction of sp³-hybridized carbons (Fsp3) is 0.500. The molecule has 0 saturated carbocycles. The molecule has 1 amide bonds. The maximum atomic E-state index is 12.7. The van der Waals surface area contributed by atoms with Crippen LogP contribution in [-0.2, 0) is 21.2 Å². The van der Waals surface area contributed by atoms with Crippen molar-refractivity contribution in [3.8, 4) is 0 Å². The van der Waals surface area contributed by atoms with Gasteiger partial charge in [0.1, 0.15) is 4.21 Å². The van der Waals surface area contributed by atoms with Crippen LogP contribution in [0.1, 0.15) is 43.2 Å². The molecule has 1 aliphatic rings. The number of benzene rings is 1. The molecule has 170 valence electrons. The molecule has 0 aliphatic carbocycles. The number of likely N-dealkylation sites (N-methyl/N-ethyl adjacent to an activating group) is 1. The van der Waals surface area contributed by atoms with Crippen LogP contribution in [0.2, 0.25) is 5.02 Å². The molecule has 1 saturated heterocycles. The summed E-state index contributed by atoms with van der Waals surface area (Å²) < 4.78 is 27.2. The van der Waals surface area contributed by atoms with Crippen molar-refractivity contribution >= 4 is 38.9 Å². The highest BCUT2D eigenvalue weighted by Gasteiger charge is 2.28. The van der Waals surface area contributed by atoms with Gasteiger partial charge in [-0.25, -0.2) is 8.42 Å². The first kappa shape index (κ1) is 24.2. The Hall–Kier alpha value is -1.45. The van der Waals surface area contributed by atoms with Gasteiger partial charge in [-0.2, -0.15) is 4.31 Å². The fourth-order valence-electron chi connectivity index (χ4n) is 3.92. The molecule has 2 aromatic rings. The first-order chi connectivity index (χ1) is 14.9. The summed E-state index contributed by atoms with van der Waals surface area (Å²) >= 11 is 7.60. The first-order valence-electron chi connectivity index (χ1n) is 10.7. The topological polar surface area (TPSA) is 69.7 Å². The Labute approximate surface area is 194 Å². The molecule has 0 spiro atoms. The maximum absolute atomic E-state index is 12.7. The van der Waals surface area contributed by atoms with Gasteiger partial charge in [-0.05, 0) is 49.7 Å². The van der Waals surface area contributed by atoms with Gasteiger partial charge < -0.3 is 5.32 Å². The van der Waals surface area contributed by atoms with E-state index in [9.17, 15) is 13.2 Å². The summed E-state index contributed by atoms with van der Waals surface area (Å²) in [7, 11) is -3.44. The minimum Gasteiger partial charge on any atom is -0.354 e. The Bertz CT molecular complexity index is 983. The zero-order valence-electron chi connectivity index (χ0n) is 18.0. The van der Waals surface area contributed by atoms with Gasteiger partial charge in [-0.3, -0.25) is 9.69 Å². The molecular formula is C22H30ClN3O3S2. The molecule has 6 nitrogen and oxygen atoms in total. The van der Waals surface area contributed by atoms with Crippen molar-refractivity contribution in [3.05, 3.63) is 51.9 Å². The van der Waals surface area contributed by atoms with E-state index in [1.807, 2.05) is 24.3 Å². The van der Waals surface area contributed by atoms with Gasteiger partial charge in [0.2, 0.25) is 5.91 Å². The number of sulfonamides is 1. The van der Waals surface area contributed by atoms with E-state index < -0.39 is 10.0 Å². The molecule has 1 fully saturated rings. The minimum atomic E-state index is -3.44. The van der Waals surface area contributed by atoms with Crippen LogP contribution in [0.15, 0.2) is 40.6 Å². The highest BCUT2D eigenvalue weighted by molar-refractivity contribution is 7.91. The van der Waals surface area contributed by atoms with Crippen molar-refractivity contribution in [2.45, 2.75) is 43.4 Å². The van der Waals surface area contributed by atoms with Crippen LogP contribution in [-0.4, -0.2) is 56.3 Å². The molecular weight excluding hydrogens is 454 g/mol. The predicted molar refractivity (Wildman–Crippen MR) is 126 cm³/mol. The minimum absolute atomic E-state index is 0.0258. The molecule has 1 aromatic heterocycles. The van der Waals surface area contributed by atoms with E-state index in [0.29, 0.717) is 28.9 Å². The van der Waals surface area contributed by atoms with Gasteiger partial charge in [0.15, 0.2) is 0 Å². The van der Waals surface area contributed by atoms with Crippen LogP contribution in [0.5, 0.6) is 0 Å². The van der Waals surface area contributed by atoms with E-state index in [2.05, 4.69) is 24.1 Å². The largest absolute Gasteiger partial charge is 0.354 e. The normalized spacial score (nSPS) is 16.0. The van der Waals surface area contributed by atoms with Gasteiger partial charge in [0, 0.05) is 29.5 Å². The van der Waals surface area contributed by atoms with Crippen LogP contribution in [0.25, 0.3) is 0 Å². The number of nitrogens with one attached hydrogen (secondary N) is 1. The van der Waals surface area contributed by atoms with Crippen molar-refractivity contribution in [1.29, 1.82) is 0 Å². The summed E-state index contributed by atoms with van der Waals surface area (Å²) in [6, 6.07) is 11.0. The van der Waals surface area contributed by atoms with Crippen LogP contribution in [0.3, 0.4) is 0 Å². The van der Waals surface area contributed by atoms with Crippen molar-refractivity contribution in [1.82, 2.24) is 14.5 Å². The zero-order valence-corrected chi connectivity index (χ0v) is 20.4. The Morgan fingerprint density at radius 1 is 1.16 bits per heavy atom. The van der Waals surface area contributed by atoms with Crippen LogP contribution < -0.4 is 5.32 Å². The van der Waals surface area contributed by atoms with Crippen LogP contribution >= 0.6 is 22.9 Å². The lowest BCUT2D eigenvalue weighted by molar-refractivity contribution is -0.120. The zero-order chi connectivity index (χ0) is 22.4. The molecule has 2 heterocycles. The summed E-state index contributed by atoms with van der Waals surface area (Å²) in [6.45, 7) is 7.44. The maximum Gasteiger partial charge on any atom is 0.252 e. The van der Waals surface area contributed by atoms with E-state index >= 15 is 0 Å². The third kappa shape index (κ3) is 5.87. The third-order valence-electron chi connectivity index (χ3n) is 5.64.